The summed E-state index contributed by atoms with van der Waals surface area (Å²) in [6.07, 6.45) is 0. The Hall–Kier alpha value is -11.7. The van der Waals surface area contributed by atoms with Crippen LogP contribution in [0, 0.1) is 91.0 Å². The molecule has 0 heterocycles. The molecule has 0 aliphatic carbocycles. The topological polar surface area (TPSA) is 461 Å². The second-order valence-electron chi connectivity index (χ2n) is 14.5. The van der Waals surface area contributed by atoms with E-state index in [1.807, 2.05) is 0 Å². The zero-order chi connectivity index (χ0) is 55.7. The third-order valence-corrected chi connectivity index (χ3v) is 9.62. The lowest BCUT2D eigenvalue weighted by Crippen LogP contribution is -2.03. The predicted molar refractivity (Wildman–Crippen MR) is 266 cm³/mol. The van der Waals surface area contributed by atoms with Crippen molar-refractivity contribution >= 4 is 85.4 Å². The summed E-state index contributed by atoms with van der Waals surface area (Å²) in [5.74, 6) is 0. The lowest BCUT2D eigenvalue weighted by atomic mass is 10.1. The minimum atomic E-state index is -0.770. The van der Waals surface area contributed by atoms with Crippen molar-refractivity contribution in [3.63, 3.8) is 0 Å². The summed E-state index contributed by atoms with van der Waals surface area (Å²) in [6.45, 7) is 4.68. The number of hydrogen-bond acceptors (Lipinski definition) is 24. The number of nitrogens with one attached hydrogen (secondary N) is 3. The highest BCUT2D eigenvalue weighted by Gasteiger charge is 2.22. The number of non-ortho nitro benzene ring substituents is 6. The first-order chi connectivity index (χ1) is 35.4. The number of hydrazone groups is 3. The van der Waals surface area contributed by atoms with Gasteiger partial charge in [-0.2, -0.15) is 15.3 Å². The Kier molecular flexibility index (Phi) is 18.8. The van der Waals surface area contributed by atoms with Crippen LogP contribution in [0.15, 0.2) is 143 Å². The molecule has 0 aliphatic rings. The fourth-order valence-corrected chi connectivity index (χ4v) is 5.80. The molecule has 0 aromatic heterocycles. The normalized spacial score (nSPS) is 11.0. The Bertz CT molecular complexity index is 3030. The van der Waals surface area contributed by atoms with Gasteiger partial charge in [0.05, 0.1) is 79.6 Å². The lowest BCUT2D eigenvalue weighted by Gasteiger charge is -2.05. The van der Waals surface area contributed by atoms with Crippen molar-refractivity contribution in [1.82, 2.24) is 0 Å². The molecule has 0 bridgehead atoms. The molecule has 6 aromatic rings. The number of nitro groups is 9. The zero-order valence-electron chi connectivity index (χ0n) is 38.3. The third kappa shape index (κ3) is 15.7. The summed E-state index contributed by atoms with van der Waals surface area (Å²) in [4.78, 5) is 91.4. The van der Waals surface area contributed by atoms with Gasteiger partial charge in [-0.25, -0.2) is 0 Å². The van der Waals surface area contributed by atoms with Gasteiger partial charge in [-0.3, -0.25) is 107 Å². The van der Waals surface area contributed by atoms with E-state index in [9.17, 15) is 91.0 Å². The summed E-state index contributed by atoms with van der Waals surface area (Å²) in [7, 11) is 0. The lowest BCUT2D eigenvalue weighted by molar-refractivity contribution is -0.393. The molecule has 33 nitrogen and oxygen atoms in total. The fraction of sp³-hybridized carbons (Fsp3) is 0.0714. The van der Waals surface area contributed by atoms with Gasteiger partial charge in [0.1, 0.15) is 17.1 Å². The first-order valence-corrected chi connectivity index (χ1v) is 20.3. The molecular weight excluding hydrogens is 1000 g/mol. The van der Waals surface area contributed by atoms with E-state index >= 15 is 0 Å². The number of nitrogens with zero attached hydrogens (tertiary/aromatic N) is 12. The summed E-state index contributed by atoms with van der Waals surface area (Å²) in [5.41, 5.74) is 6.50. The minimum Gasteiger partial charge on any atom is -0.271 e. The maximum atomic E-state index is 11.1. The molecular formula is C42H33N15O18. The Balaban J connectivity index is 0.000000243. The van der Waals surface area contributed by atoms with Crippen LogP contribution in [-0.2, 0) is 0 Å². The molecule has 0 saturated carbocycles. The van der Waals surface area contributed by atoms with Crippen LogP contribution < -0.4 is 16.3 Å². The summed E-state index contributed by atoms with van der Waals surface area (Å²) in [5, 5.41) is 109. The van der Waals surface area contributed by atoms with E-state index in [-0.39, 0.29) is 34.1 Å². The number of rotatable bonds is 18. The first-order valence-electron chi connectivity index (χ1n) is 20.3. The van der Waals surface area contributed by atoms with Gasteiger partial charge in [0.25, 0.3) is 34.1 Å². The standard InChI is InChI=1S/3C14H11N5O6/c3*1-9(10-3-2-4-11(7-10)17(20)21)15-16-13-6-5-12(18(22)23)8-14(13)19(24)25/h3*2-8,16H,1H3/b3*15-9+. The molecule has 6 aromatic carbocycles. The van der Waals surface area contributed by atoms with E-state index in [1.165, 1.54) is 72.8 Å². The minimum absolute atomic E-state index is 0.0413. The fourth-order valence-electron chi connectivity index (χ4n) is 5.80. The Morgan fingerprint density at radius 2 is 0.520 bits per heavy atom. The molecule has 6 rings (SSSR count). The molecule has 0 aliphatic heterocycles. The molecule has 33 heteroatoms. The highest BCUT2D eigenvalue weighted by Crippen LogP contribution is 2.32. The van der Waals surface area contributed by atoms with Crippen LogP contribution in [0.3, 0.4) is 0 Å². The molecule has 0 amide bonds. The van der Waals surface area contributed by atoms with Gasteiger partial charge in [0.15, 0.2) is 0 Å². The van der Waals surface area contributed by atoms with Gasteiger partial charge in [0.2, 0.25) is 0 Å². The van der Waals surface area contributed by atoms with Crippen molar-refractivity contribution in [2.45, 2.75) is 20.8 Å². The van der Waals surface area contributed by atoms with Gasteiger partial charge in [-0.15, -0.1) is 0 Å². The molecule has 75 heavy (non-hydrogen) atoms. The number of anilines is 3. The first kappa shape index (κ1) is 55.9. The highest BCUT2D eigenvalue weighted by atomic mass is 16.7. The van der Waals surface area contributed by atoms with E-state index in [4.69, 9.17) is 0 Å². The summed E-state index contributed by atoms with van der Waals surface area (Å²) in [6, 6.07) is 26.4. The monoisotopic (exact) mass is 1040 g/mol. The Morgan fingerprint density at radius 1 is 0.307 bits per heavy atom. The van der Waals surface area contributed by atoms with Crippen LogP contribution in [0.2, 0.25) is 0 Å². The van der Waals surface area contributed by atoms with Gasteiger partial charge in [0, 0.05) is 71.3 Å². The van der Waals surface area contributed by atoms with Crippen LogP contribution >= 0.6 is 0 Å². The van der Waals surface area contributed by atoms with E-state index in [2.05, 4.69) is 31.6 Å². The second-order valence-corrected chi connectivity index (χ2v) is 14.5. The average Bonchev–Trinajstić information content (AvgIpc) is 3.38. The van der Waals surface area contributed by atoms with Crippen molar-refractivity contribution in [3.05, 3.63) is 235 Å². The van der Waals surface area contributed by atoms with Gasteiger partial charge >= 0.3 is 17.1 Å². The highest BCUT2D eigenvalue weighted by molar-refractivity contribution is 6.01. The average molecular weight is 1040 g/mol. The molecule has 0 unspecified atom stereocenters. The molecule has 0 atom stereocenters. The van der Waals surface area contributed by atoms with Gasteiger partial charge < -0.3 is 0 Å². The van der Waals surface area contributed by atoms with Crippen LogP contribution in [0.5, 0.6) is 0 Å². The summed E-state index contributed by atoms with van der Waals surface area (Å²) >= 11 is 0. The predicted octanol–water partition coefficient (Wildman–Crippen LogP) is 9.74. The van der Waals surface area contributed by atoms with Crippen LogP contribution in [-0.4, -0.2) is 61.4 Å². The Morgan fingerprint density at radius 3 is 0.720 bits per heavy atom. The van der Waals surface area contributed by atoms with E-state index < -0.39 is 78.4 Å². The van der Waals surface area contributed by atoms with E-state index in [0.29, 0.717) is 33.8 Å². The third-order valence-electron chi connectivity index (χ3n) is 9.62. The molecule has 0 fully saturated rings. The van der Waals surface area contributed by atoms with E-state index in [1.54, 1.807) is 39.0 Å². The number of nitro benzene ring substituents is 9. The largest absolute Gasteiger partial charge is 0.301 e. The van der Waals surface area contributed by atoms with Crippen LogP contribution in [0.25, 0.3) is 0 Å². The smallest absolute Gasteiger partial charge is 0.271 e. The Labute approximate surface area is 416 Å². The maximum absolute atomic E-state index is 11.1. The van der Waals surface area contributed by atoms with E-state index in [0.717, 1.165) is 36.4 Å². The zero-order valence-corrected chi connectivity index (χ0v) is 38.3. The van der Waals surface area contributed by atoms with Gasteiger partial charge in [-0.1, -0.05) is 36.4 Å². The summed E-state index contributed by atoms with van der Waals surface area (Å²) < 4.78 is 0. The number of hydrogen-bond donors (Lipinski definition) is 3. The molecule has 0 saturated heterocycles. The number of benzene rings is 6. The van der Waals surface area contributed by atoms with Crippen molar-refractivity contribution in [3.8, 4) is 0 Å². The maximum Gasteiger partial charge on any atom is 0.301 e. The van der Waals surface area contributed by atoms with Crippen LogP contribution in [0.4, 0.5) is 68.2 Å². The van der Waals surface area contributed by atoms with Gasteiger partial charge in [-0.05, 0) is 39.0 Å². The molecule has 384 valence electrons. The second kappa shape index (κ2) is 25.3. The molecule has 0 spiro atoms. The SMILES string of the molecule is C/C(=N\Nc1ccc([N+](=O)[O-])cc1[N+](=O)[O-])c1cccc([N+](=O)[O-])c1.C/C(=N\Nc1ccc([N+](=O)[O-])cc1[N+](=O)[O-])c1cccc([N+](=O)[O-])c1.C/C(=N\Nc1ccc([N+](=O)[O-])cc1[N+](=O)[O-])c1cccc([N+](=O)[O-])c1. The molecule has 0 radical (unpaired) electrons. The van der Waals surface area contributed by atoms with Crippen LogP contribution in [0.1, 0.15) is 37.5 Å². The van der Waals surface area contributed by atoms with Crippen molar-refractivity contribution < 1.29 is 44.3 Å². The van der Waals surface area contributed by atoms with Crippen molar-refractivity contribution in [2.24, 2.45) is 15.3 Å². The van der Waals surface area contributed by atoms with Crippen molar-refractivity contribution in [1.29, 1.82) is 0 Å². The quantitative estimate of drug-likeness (QED) is 0.0409. The van der Waals surface area contributed by atoms with Crippen molar-refractivity contribution in [2.75, 3.05) is 16.3 Å². The molecule has 3 N–H and O–H groups in total.